The molecule has 4 N–H and O–H groups in total. The van der Waals surface area contributed by atoms with E-state index in [1.807, 2.05) is 19.9 Å². The maximum atomic E-state index is 11.4. The van der Waals surface area contributed by atoms with Crippen LogP contribution in [0.2, 0.25) is 0 Å². The normalized spacial score (nSPS) is 11.9. The molecule has 0 bridgehead atoms. The first-order valence-corrected chi connectivity index (χ1v) is 4.79. The Hall–Kier alpha value is -1.88. The van der Waals surface area contributed by atoms with Gasteiger partial charge in [0.1, 0.15) is 0 Å². The first-order chi connectivity index (χ1) is 7.43. The van der Waals surface area contributed by atoms with E-state index < -0.39 is 17.9 Å². The summed E-state index contributed by atoms with van der Waals surface area (Å²) in [7, 11) is 0. The van der Waals surface area contributed by atoms with Gasteiger partial charge in [-0.1, -0.05) is 12.1 Å². The van der Waals surface area contributed by atoms with Crippen molar-refractivity contribution in [3.63, 3.8) is 0 Å². The van der Waals surface area contributed by atoms with Gasteiger partial charge in [0.2, 0.25) is 0 Å². The number of carboxylic acid groups (broad SMARTS) is 1. The van der Waals surface area contributed by atoms with Gasteiger partial charge in [-0.2, -0.15) is 0 Å². The predicted octanol–water partition coefficient (Wildman–Crippen LogP) is 0.654. The zero-order valence-corrected chi connectivity index (χ0v) is 9.15. The molecule has 1 atom stereocenters. The highest BCUT2D eigenvalue weighted by Crippen LogP contribution is 2.17. The fraction of sp³-hybridized carbons (Fsp3) is 0.273. The van der Waals surface area contributed by atoms with Crippen LogP contribution in [-0.4, -0.2) is 23.0 Å². The fourth-order valence-electron chi connectivity index (χ4n) is 1.21. The summed E-state index contributed by atoms with van der Waals surface area (Å²) < 4.78 is 0. The second-order valence-electron chi connectivity index (χ2n) is 3.55. The highest BCUT2D eigenvalue weighted by molar-refractivity contribution is 6.07. The van der Waals surface area contributed by atoms with E-state index in [0.29, 0.717) is 5.69 Å². The number of benzene rings is 1. The molecule has 0 fully saturated rings. The number of aryl methyl sites for hydroxylation is 1. The molecule has 1 amide bonds. The molecule has 0 spiro atoms. The summed E-state index contributed by atoms with van der Waals surface area (Å²) in [4.78, 5) is 21.9. The molecule has 0 aromatic heterocycles. The van der Waals surface area contributed by atoms with Crippen LogP contribution in [0, 0.1) is 13.8 Å². The lowest BCUT2D eigenvalue weighted by molar-refractivity contribution is -0.141. The summed E-state index contributed by atoms with van der Waals surface area (Å²) in [5, 5.41) is 11.1. The molecule has 0 saturated heterocycles. The number of amides is 1. The molecule has 5 nitrogen and oxygen atoms in total. The Morgan fingerprint density at radius 3 is 2.56 bits per heavy atom. The molecule has 0 aliphatic rings. The Morgan fingerprint density at radius 2 is 2.00 bits per heavy atom. The second-order valence-corrected chi connectivity index (χ2v) is 3.55. The van der Waals surface area contributed by atoms with Crippen molar-refractivity contribution in [3.8, 4) is 0 Å². The summed E-state index contributed by atoms with van der Waals surface area (Å²) in [5.41, 5.74) is 7.68. The van der Waals surface area contributed by atoms with Crippen LogP contribution < -0.4 is 11.1 Å². The van der Waals surface area contributed by atoms with E-state index in [1.165, 1.54) is 0 Å². The number of anilines is 1. The quantitative estimate of drug-likeness (QED) is 0.655. The Bertz CT molecular complexity index is 429. The Morgan fingerprint density at radius 1 is 1.38 bits per heavy atom. The zero-order chi connectivity index (χ0) is 12.3. The third-order valence-corrected chi connectivity index (χ3v) is 2.41. The van der Waals surface area contributed by atoms with E-state index in [0.717, 1.165) is 11.1 Å². The molecule has 1 rings (SSSR count). The first-order valence-electron chi connectivity index (χ1n) is 4.79. The lowest BCUT2D eigenvalue weighted by atomic mass is 10.1. The smallest absolute Gasteiger partial charge is 0.330 e. The molecule has 0 aliphatic heterocycles. The SMILES string of the molecule is Cc1cccc(NC(=O)C(N)C(=O)O)c1C. The van der Waals surface area contributed by atoms with Gasteiger partial charge in [0.05, 0.1) is 0 Å². The summed E-state index contributed by atoms with van der Waals surface area (Å²) in [5.74, 6) is -2.07. The minimum absolute atomic E-state index is 0.585. The Balaban J connectivity index is 2.85. The lowest BCUT2D eigenvalue weighted by Crippen LogP contribution is -2.42. The Kier molecular flexibility index (Phi) is 3.63. The van der Waals surface area contributed by atoms with Crippen LogP contribution in [-0.2, 0) is 9.59 Å². The van der Waals surface area contributed by atoms with E-state index in [1.54, 1.807) is 12.1 Å². The molecule has 1 aromatic rings. The molecule has 1 aromatic carbocycles. The molecule has 5 heteroatoms. The minimum Gasteiger partial charge on any atom is -0.480 e. The minimum atomic E-state index is -1.54. The zero-order valence-electron chi connectivity index (χ0n) is 9.15. The maximum absolute atomic E-state index is 11.4. The van der Waals surface area contributed by atoms with Gasteiger partial charge in [-0.05, 0) is 31.0 Å². The number of hydrogen-bond donors (Lipinski definition) is 3. The lowest BCUT2D eigenvalue weighted by Gasteiger charge is -2.12. The van der Waals surface area contributed by atoms with Crippen molar-refractivity contribution in [2.45, 2.75) is 19.9 Å². The van der Waals surface area contributed by atoms with Crippen molar-refractivity contribution < 1.29 is 14.7 Å². The van der Waals surface area contributed by atoms with E-state index in [-0.39, 0.29) is 0 Å². The Labute approximate surface area is 93.3 Å². The molecule has 1 unspecified atom stereocenters. The number of nitrogens with two attached hydrogens (primary N) is 1. The molecule has 0 radical (unpaired) electrons. The van der Waals surface area contributed by atoms with Gasteiger partial charge < -0.3 is 16.2 Å². The predicted molar refractivity (Wildman–Crippen MR) is 60.2 cm³/mol. The highest BCUT2D eigenvalue weighted by Gasteiger charge is 2.21. The van der Waals surface area contributed by atoms with E-state index in [4.69, 9.17) is 10.8 Å². The van der Waals surface area contributed by atoms with Crippen LogP contribution in [0.1, 0.15) is 11.1 Å². The van der Waals surface area contributed by atoms with Crippen LogP contribution >= 0.6 is 0 Å². The summed E-state index contributed by atoms with van der Waals surface area (Å²) in [6.07, 6.45) is 0. The number of nitrogens with one attached hydrogen (secondary N) is 1. The van der Waals surface area contributed by atoms with Gasteiger partial charge in [-0.15, -0.1) is 0 Å². The summed E-state index contributed by atoms with van der Waals surface area (Å²) in [6, 6.07) is 3.85. The van der Waals surface area contributed by atoms with Crippen molar-refractivity contribution >= 4 is 17.6 Å². The average molecular weight is 222 g/mol. The van der Waals surface area contributed by atoms with E-state index in [2.05, 4.69) is 5.32 Å². The van der Waals surface area contributed by atoms with Crippen LogP contribution in [0.3, 0.4) is 0 Å². The molecular weight excluding hydrogens is 208 g/mol. The van der Waals surface area contributed by atoms with Gasteiger partial charge in [0.15, 0.2) is 6.04 Å². The van der Waals surface area contributed by atoms with Gasteiger partial charge in [0, 0.05) is 5.69 Å². The van der Waals surface area contributed by atoms with Gasteiger partial charge in [-0.25, -0.2) is 4.79 Å². The highest BCUT2D eigenvalue weighted by atomic mass is 16.4. The van der Waals surface area contributed by atoms with Crippen molar-refractivity contribution in [2.75, 3.05) is 5.32 Å². The molecule has 0 aliphatic carbocycles. The third kappa shape index (κ3) is 2.58. The summed E-state index contributed by atoms with van der Waals surface area (Å²) in [6.45, 7) is 3.75. The van der Waals surface area contributed by atoms with Gasteiger partial charge in [-0.3, -0.25) is 4.79 Å². The van der Waals surface area contributed by atoms with E-state index in [9.17, 15) is 9.59 Å². The average Bonchev–Trinajstić information content (AvgIpc) is 2.23. The number of carbonyl (C=O) groups is 2. The number of carbonyl (C=O) groups excluding carboxylic acids is 1. The van der Waals surface area contributed by atoms with Crippen molar-refractivity contribution in [1.29, 1.82) is 0 Å². The van der Waals surface area contributed by atoms with E-state index >= 15 is 0 Å². The van der Waals surface area contributed by atoms with Crippen LogP contribution in [0.25, 0.3) is 0 Å². The first kappa shape index (κ1) is 12.2. The number of hydrogen-bond acceptors (Lipinski definition) is 3. The molecule has 0 heterocycles. The molecule has 16 heavy (non-hydrogen) atoms. The van der Waals surface area contributed by atoms with Crippen LogP contribution in [0.4, 0.5) is 5.69 Å². The van der Waals surface area contributed by atoms with Crippen LogP contribution in [0.5, 0.6) is 0 Å². The number of carboxylic acids is 1. The molecular formula is C11H14N2O3. The topological polar surface area (TPSA) is 92.4 Å². The molecule has 0 saturated carbocycles. The fourth-order valence-corrected chi connectivity index (χ4v) is 1.21. The van der Waals surface area contributed by atoms with Crippen molar-refractivity contribution in [1.82, 2.24) is 0 Å². The third-order valence-electron chi connectivity index (χ3n) is 2.41. The second kappa shape index (κ2) is 4.76. The monoisotopic (exact) mass is 222 g/mol. The maximum Gasteiger partial charge on any atom is 0.330 e. The largest absolute Gasteiger partial charge is 0.480 e. The van der Waals surface area contributed by atoms with Crippen LogP contribution in [0.15, 0.2) is 18.2 Å². The summed E-state index contributed by atoms with van der Waals surface area (Å²) >= 11 is 0. The van der Waals surface area contributed by atoms with Crippen molar-refractivity contribution in [3.05, 3.63) is 29.3 Å². The van der Waals surface area contributed by atoms with Gasteiger partial charge in [0.25, 0.3) is 5.91 Å². The number of rotatable bonds is 3. The van der Waals surface area contributed by atoms with Crippen molar-refractivity contribution in [2.24, 2.45) is 5.73 Å². The number of aliphatic carboxylic acids is 1. The molecule has 86 valence electrons. The standard InChI is InChI=1S/C11H14N2O3/c1-6-4-3-5-8(7(6)2)13-10(14)9(12)11(15)16/h3-5,9H,12H2,1-2H3,(H,13,14)(H,15,16). The van der Waals surface area contributed by atoms with Gasteiger partial charge >= 0.3 is 5.97 Å².